The second-order valence-corrected chi connectivity index (χ2v) is 4.47. The normalized spacial score (nSPS) is 11.7. The van der Waals surface area contributed by atoms with Crippen molar-refractivity contribution in [2.24, 2.45) is 0 Å². The molecule has 2 aromatic carbocycles. The molecule has 0 radical (unpaired) electrons. The molecule has 0 saturated heterocycles. The van der Waals surface area contributed by atoms with Gasteiger partial charge in [0.15, 0.2) is 0 Å². The van der Waals surface area contributed by atoms with Crippen molar-refractivity contribution in [1.29, 1.82) is 0 Å². The van der Waals surface area contributed by atoms with Crippen LogP contribution in [0.15, 0.2) is 48.8 Å². The number of benzene rings is 2. The summed E-state index contributed by atoms with van der Waals surface area (Å²) in [5.41, 5.74) is 1.56. The molecule has 19 heavy (non-hydrogen) atoms. The first-order valence-corrected chi connectivity index (χ1v) is 5.87. The number of nitrogens with zero attached hydrogens (tertiary/aromatic N) is 2. The number of pyridine rings is 1. The van der Waals surface area contributed by atoms with Gasteiger partial charge in [-0.25, -0.2) is 13.8 Å². The van der Waals surface area contributed by atoms with Crippen LogP contribution in [-0.2, 0) is 0 Å². The van der Waals surface area contributed by atoms with E-state index in [1.54, 1.807) is 18.3 Å². The highest BCUT2D eigenvalue weighted by atomic mass is 19.1. The van der Waals surface area contributed by atoms with Crippen LogP contribution in [0.3, 0.4) is 0 Å². The molecule has 0 aliphatic rings. The second-order valence-electron chi connectivity index (χ2n) is 4.47. The van der Waals surface area contributed by atoms with Gasteiger partial charge >= 0.3 is 0 Å². The summed E-state index contributed by atoms with van der Waals surface area (Å²) in [5, 5.41) is 2.16. The minimum absolute atomic E-state index is 0.336. The number of hydrogen-bond acceptors (Lipinski definition) is 1. The molecule has 0 N–H and O–H groups in total. The number of aromatic nitrogens is 2. The van der Waals surface area contributed by atoms with E-state index in [9.17, 15) is 8.78 Å². The number of fused-ring (bicyclic) bond motifs is 6. The van der Waals surface area contributed by atoms with Crippen LogP contribution in [-0.4, -0.2) is 9.38 Å². The fraction of sp³-hybridized carbons (Fsp3) is 0. The lowest BCUT2D eigenvalue weighted by Gasteiger charge is -2.08. The summed E-state index contributed by atoms with van der Waals surface area (Å²) < 4.78 is 28.8. The van der Waals surface area contributed by atoms with Crippen LogP contribution in [0.4, 0.5) is 8.78 Å². The lowest BCUT2D eigenvalue weighted by molar-refractivity contribution is 0.628. The summed E-state index contributed by atoms with van der Waals surface area (Å²) >= 11 is 0. The minimum Gasteiger partial charge on any atom is -0.299 e. The van der Waals surface area contributed by atoms with Crippen molar-refractivity contribution in [3.63, 3.8) is 0 Å². The van der Waals surface area contributed by atoms with E-state index in [2.05, 4.69) is 4.98 Å². The maximum absolute atomic E-state index is 13.5. The van der Waals surface area contributed by atoms with E-state index < -0.39 is 0 Å². The molecule has 2 heterocycles. The zero-order valence-electron chi connectivity index (χ0n) is 9.77. The predicted molar refractivity (Wildman–Crippen MR) is 70.1 cm³/mol. The monoisotopic (exact) mass is 254 g/mol. The SMILES string of the molecule is Fc1ccc2c(c1)c1cc(F)ccc1n1ccnc21. The Labute approximate surface area is 106 Å². The molecular weight excluding hydrogens is 246 g/mol. The third-order valence-electron chi connectivity index (χ3n) is 3.37. The third kappa shape index (κ3) is 1.37. The fourth-order valence-electron chi connectivity index (χ4n) is 2.57. The summed E-state index contributed by atoms with van der Waals surface area (Å²) in [5.74, 6) is -0.675. The van der Waals surface area contributed by atoms with E-state index in [1.807, 2.05) is 10.6 Å². The van der Waals surface area contributed by atoms with Gasteiger partial charge in [-0.1, -0.05) is 0 Å². The van der Waals surface area contributed by atoms with Gasteiger partial charge in [-0.3, -0.25) is 4.40 Å². The van der Waals surface area contributed by atoms with Gasteiger partial charge in [-0.2, -0.15) is 0 Å². The predicted octanol–water partition coefficient (Wildman–Crippen LogP) is 3.92. The van der Waals surface area contributed by atoms with Crippen LogP contribution >= 0.6 is 0 Å². The van der Waals surface area contributed by atoms with Gasteiger partial charge < -0.3 is 0 Å². The topological polar surface area (TPSA) is 17.3 Å². The Morgan fingerprint density at radius 2 is 1.58 bits per heavy atom. The van der Waals surface area contributed by atoms with Crippen molar-refractivity contribution in [3.05, 3.63) is 60.4 Å². The maximum Gasteiger partial charge on any atom is 0.145 e. The van der Waals surface area contributed by atoms with Crippen LogP contribution in [0.2, 0.25) is 0 Å². The quantitative estimate of drug-likeness (QED) is 0.435. The molecule has 92 valence electrons. The lowest BCUT2D eigenvalue weighted by Crippen LogP contribution is -1.91. The van der Waals surface area contributed by atoms with E-state index in [0.717, 1.165) is 16.6 Å². The van der Waals surface area contributed by atoms with E-state index in [1.165, 1.54) is 24.3 Å². The molecule has 4 aromatic rings. The highest BCUT2D eigenvalue weighted by Gasteiger charge is 2.10. The number of imidazole rings is 1. The van der Waals surface area contributed by atoms with Crippen molar-refractivity contribution < 1.29 is 8.78 Å². The zero-order valence-corrected chi connectivity index (χ0v) is 9.77. The van der Waals surface area contributed by atoms with E-state index >= 15 is 0 Å². The Kier molecular flexibility index (Phi) is 1.93. The van der Waals surface area contributed by atoms with Crippen molar-refractivity contribution in [2.75, 3.05) is 0 Å². The molecule has 0 bridgehead atoms. The lowest BCUT2D eigenvalue weighted by atomic mass is 10.1. The zero-order chi connectivity index (χ0) is 13.0. The van der Waals surface area contributed by atoms with Crippen LogP contribution in [0.5, 0.6) is 0 Å². The van der Waals surface area contributed by atoms with Crippen molar-refractivity contribution in [1.82, 2.24) is 9.38 Å². The molecule has 0 unspecified atom stereocenters. The molecule has 2 nitrogen and oxygen atoms in total. The van der Waals surface area contributed by atoms with Gasteiger partial charge in [0.2, 0.25) is 0 Å². The van der Waals surface area contributed by atoms with Gasteiger partial charge in [0, 0.05) is 23.2 Å². The van der Waals surface area contributed by atoms with Crippen LogP contribution in [0.25, 0.3) is 27.3 Å². The fourth-order valence-corrected chi connectivity index (χ4v) is 2.57. The number of halogens is 2. The Hall–Kier alpha value is -2.49. The van der Waals surface area contributed by atoms with Crippen LogP contribution in [0.1, 0.15) is 0 Å². The summed E-state index contributed by atoms with van der Waals surface area (Å²) in [6.07, 6.45) is 3.50. The average Bonchev–Trinajstić information content (AvgIpc) is 2.88. The summed E-state index contributed by atoms with van der Waals surface area (Å²) in [7, 11) is 0. The Morgan fingerprint density at radius 3 is 2.42 bits per heavy atom. The minimum atomic E-state index is -0.339. The number of hydrogen-bond donors (Lipinski definition) is 0. The number of rotatable bonds is 0. The second kappa shape index (κ2) is 3.51. The first-order chi connectivity index (χ1) is 9.24. The Morgan fingerprint density at radius 1 is 0.842 bits per heavy atom. The highest BCUT2D eigenvalue weighted by molar-refractivity contribution is 6.11. The molecule has 0 amide bonds. The molecule has 0 aliphatic heterocycles. The molecule has 4 rings (SSSR count). The van der Waals surface area contributed by atoms with E-state index in [0.29, 0.717) is 10.8 Å². The van der Waals surface area contributed by atoms with Crippen molar-refractivity contribution in [3.8, 4) is 0 Å². The highest BCUT2D eigenvalue weighted by Crippen LogP contribution is 2.29. The van der Waals surface area contributed by atoms with Gasteiger partial charge in [-0.15, -0.1) is 0 Å². The van der Waals surface area contributed by atoms with E-state index in [4.69, 9.17) is 0 Å². The van der Waals surface area contributed by atoms with Crippen LogP contribution < -0.4 is 0 Å². The average molecular weight is 254 g/mol. The standard InChI is InChI=1S/C15H8F2N2/c16-9-1-3-11-12(7-9)13-8-10(17)2-4-14(13)19-6-5-18-15(11)19/h1-8H. The summed E-state index contributed by atoms with van der Waals surface area (Å²) in [6, 6.07) is 9.00. The smallest absolute Gasteiger partial charge is 0.145 e. The largest absolute Gasteiger partial charge is 0.299 e. The molecule has 0 saturated carbocycles. The Balaban J connectivity index is 2.41. The van der Waals surface area contributed by atoms with Crippen LogP contribution in [0, 0.1) is 11.6 Å². The summed E-state index contributed by atoms with van der Waals surface area (Å²) in [4.78, 5) is 4.30. The van der Waals surface area contributed by atoms with E-state index in [-0.39, 0.29) is 11.6 Å². The third-order valence-corrected chi connectivity index (χ3v) is 3.37. The maximum atomic E-state index is 13.5. The molecule has 0 spiro atoms. The van der Waals surface area contributed by atoms with Gasteiger partial charge in [0.25, 0.3) is 0 Å². The molecule has 0 aliphatic carbocycles. The Bertz CT molecular complexity index is 865. The van der Waals surface area contributed by atoms with Crippen molar-refractivity contribution in [2.45, 2.75) is 0 Å². The first-order valence-electron chi connectivity index (χ1n) is 5.87. The summed E-state index contributed by atoms with van der Waals surface area (Å²) in [6.45, 7) is 0. The molecular formula is C15H8F2N2. The first kappa shape index (κ1) is 10.4. The van der Waals surface area contributed by atoms with Gasteiger partial charge in [0.1, 0.15) is 17.3 Å². The van der Waals surface area contributed by atoms with Gasteiger partial charge in [-0.05, 0) is 41.8 Å². The van der Waals surface area contributed by atoms with Crippen molar-refractivity contribution >= 4 is 27.3 Å². The molecule has 2 aromatic heterocycles. The molecule has 0 fully saturated rings. The molecule has 4 heteroatoms. The molecule has 0 atom stereocenters. The van der Waals surface area contributed by atoms with Gasteiger partial charge in [0.05, 0.1) is 5.52 Å².